The maximum atomic E-state index is 11.7. The van der Waals surface area contributed by atoms with E-state index in [0.717, 1.165) is 11.3 Å². The topological polar surface area (TPSA) is 66.4 Å². The zero-order chi connectivity index (χ0) is 11.5. The van der Waals surface area contributed by atoms with Gasteiger partial charge in [0.15, 0.2) is 0 Å². The van der Waals surface area contributed by atoms with Gasteiger partial charge in [-0.05, 0) is 18.6 Å². The van der Waals surface area contributed by atoms with Crippen LogP contribution in [0.15, 0.2) is 16.3 Å². The number of hydrogen-bond donors (Lipinski definition) is 2. The number of nitrogens with one attached hydrogen (secondary N) is 1. The van der Waals surface area contributed by atoms with Crippen molar-refractivity contribution in [3.63, 3.8) is 0 Å². The van der Waals surface area contributed by atoms with Crippen molar-refractivity contribution in [2.24, 2.45) is 0 Å². The maximum absolute atomic E-state index is 11.7. The molecule has 1 aromatic heterocycles. The summed E-state index contributed by atoms with van der Waals surface area (Å²) in [6, 6.07) is 2.52. The van der Waals surface area contributed by atoms with Crippen molar-refractivity contribution in [3.05, 3.63) is 16.5 Å². The molecule has 4 nitrogen and oxygen atoms in total. The van der Waals surface area contributed by atoms with Crippen LogP contribution in [0.1, 0.15) is 13.3 Å². The summed E-state index contributed by atoms with van der Waals surface area (Å²) in [7, 11) is -3.54. The van der Waals surface area contributed by atoms with Gasteiger partial charge in [-0.3, -0.25) is 0 Å². The Balaban J connectivity index is 2.84. The highest BCUT2D eigenvalue weighted by Gasteiger charge is 2.20. The van der Waals surface area contributed by atoms with Crippen LogP contribution in [0.4, 0.5) is 0 Å². The molecular formula is C8H12ClNO3S2. The van der Waals surface area contributed by atoms with E-state index in [4.69, 9.17) is 16.7 Å². The molecule has 0 aliphatic carbocycles. The first-order chi connectivity index (χ1) is 6.99. The van der Waals surface area contributed by atoms with Crippen molar-refractivity contribution >= 4 is 33.0 Å². The quantitative estimate of drug-likeness (QED) is 0.850. The molecule has 0 spiro atoms. The number of aliphatic hydroxyl groups excluding tert-OH is 1. The fourth-order valence-corrected chi connectivity index (χ4v) is 3.78. The van der Waals surface area contributed by atoms with Crippen molar-refractivity contribution in [1.82, 2.24) is 4.72 Å². The molecule has 1 rings (SSSR count). The molecule has 15 heavy (non-hydrogen) atoms. The molecule has 7 heteroatoms. The minimum Gasteiger partial charge on any atom is -0.395 e. The minimum absolute atomic E-state index is 0.166. The lowest BCUT2D eigenvalue weighted by Gasteiger charge is -2.12. The van der Waals surface area contributed by atoms with E-state index in [-0.39, 0.29) is 10.8 Å². The predicted molar refractivity (Wildman–Crippen MR) is 60.8 cm³/mol. The van der Waals surface area contributed by atoms with Gasteiger partial charge in [0.1, 0.15) is 4.21 Å². The fourth-order valence-electron chi connectivity index (χ4n) is 0.969. The summed E-state index contributed by atoms with van der Waals surface area (Å²) in [6.45, 7) is 1.58. The molecule has 0 saturated heterocycles. The molecule has 0 bridgehead atoms. The van der Waals surface area contributed by atoms with E-state index in [2.05, 4.69) is 4.72 Å². The molecule has 1 aromatic rings. The smallest absolute Gasteiger partial charge is 0.250 e. The average molecular weight is 270 g/mol. The second-order valence-corrected chi connectivity index (χ2v) is 6.62. The first kappa shape index (κ1) is 12.9. The van der Waals surface area contributed by atoms with Crippen LogP contribution in [-0.4, -0.2) is 26.2 Å². The second kappa shape index (κ2) is 5.27. The third-order valence-corrected chi connectivity index (χ3v) is 5.09. The second-order valence-electron chi connectivity index (χ2n) is 2.97. The lowest BCUT2D eigenvalue weighted by molar-refractivity contribution is 0.254. The SMILES string of the molecule is CCC(CO)NS(=O)(=O)c1ccc(Cl)s1. The Kier molecular flexibility index (Phi) is 4.54. The molecule has 1 atom stereocenters. The number of thiophene rings is 1. The molecule has 0 saturated carbocycles. The summed E-state index contributed by atoms with van der Waals surface area (Å²) in [5.41, 5.74) is 0. The van der Waals surface area contributed by atoms with Gasteiger partial charge in [-0.1, -0.05) is 18.5 Å². The number of sulfonamides is 1. The number of hydrogen-bond acceptors (Lipinski definition) is 4. The Bertz CT molecular complexity index is 411. The van der Waals surface area contributed by atoms with Crippen molar-refractivity contribution in [1.29, 1.82) is 0 Å². The van der Waals surface area contributed by atoms with Crippen molar-refractivity contribution < 1.29 is 13.5 Å². The van der Waals surface area contributed by atoms with Gasteiger partial charge in [-0.15, -0.1) is 11.3 Å². The third kappa shape index (κ3) is 3.42. The zero-order valence-corrected chi connectivity index (χ0v) is 10.5. The van der Waals surface area contributed by atoms with E-state index in [0.29, 0.717) is 10.8 Å². The predicted octanol–water partition coefficient (Wildman–Crippen LogP) is 1.45. The number of rotatable bonds is 5. The Hall–Kier alpha value is -0.140. The largest absolute Gasteiger partial charge is 0.395 e. The Labute approximate surface area is 97.9 Å². The zero-order valence-electron chi connectivity index (χ0n) is 8.10. The van der Waals surface area contributed by atoms with Gasteiger partial charge in [0, 0.05) is 6.04 Å². The number of aliphatic hydroxyl groups is 1. The maximum Gasteiger partial charge on any atom is 0.250 e. The Morgan fingerprint density at radius 2 is 2.27 bits per heavy atom. The van der Waals surface area contributed by atoms with Crippen LogP contribution >= 0.6 is 22.9 Å². The number of halogens is 1. The van der Waals surface area contributed by atoms with Crippen LogP contribution < -0.4 is 4.72 Å². The summed E-state index contributed by atoms with van der Waals surface area (Å²) in [6.07, 6.45) is 0.537. The summed E-state index contributed by atoms with van der Waals surface area (Å²) in [5.74, 6) is 0. The molecule has 86 valence electrons. The molecule has 0 radical (unpaired) electrons. The van der Waals surface area contributed by atoms with Crippen LogP contribution in [0.25, 0.3) is 0 Å². The van der Waals surface area contributed by atoms with Gasteiger partial charge in [0.05, 0.1) is 10.9 Å². The fraction of sp³-hybridized carbons (Fsp3) is 0.500. The molecule has 0 aromatic carbocycles. The van der Waals surface area contributed by atoms with Gasteiger partial charge in [-0.25, -0.2) is 13.1 Å². The van der Waals surface area contributed by atoms with Crippen molar-refractivity contribution in [2.75, 3.05) is 6.61 Å². The Morgan fingerprint density at radius 1 is 1.60 bits per heavy atom. The molecule has 2 N–H and O–H groups in total. The Morgan fingerprint density at radius 3 is 2.67 bits per heavy atom. The van der Waals surface area contributed by atoms with E-state index in [9.17, 15) is 8.42 Å². The first-order valence-electron chi connectivity index (χ1n) is 4.38. The van der Waals surface area contributed by atoms with Crippen LogP contribution in [-0.2, 0) is 10.0 Å². The molecule has 1 heterocycles. The van der Waals surface area contributed by atoms with Gasteiger partial charge in [-0.2, -0.15) is 0 Å². The minimum atomic E-state index is -3.54. The van der Waals surface area contributed by atoms with Crippen molar-refractivity contribution in [3.8, 4) is 0 Å². The lowest BCUT2D eigenvalue weighted by Crippen LogP contribution is -2.36. The standard InChI is InChI=1S/C8H12ClNO3S2/c1-2-6(5-11)10-15(12,13)8-4-3-7(9)14-8/h3-4,6,10-11H,2,5H2,1H3. The summed E-state index contributed by atoms with van der Waals surface area (Å²) in [5, 5.41) is 8.89. The van der Waals surface area contributed by atoms with Crippen molar-refractivity contribution in [2.45, 2.75) is 23.6 Å². The molecule has 1 unspecified atom stereocenters. The highest BCUT2D eigenvalue weighted by molar-refractivity contribution is 7.91. The normalized spacial score (nSPS) is 14.1. The monoisotopic (exact) mass is 269 g/mol. The van der Waals surface area contributed by atoms with E-state index < -0.39 is 16.1 Å². The van der Waals surface area contributed by atoms with E-state index >= 15 is 0 Å². The summed E-state index contributed by atoms with van der Waals surface area (Å²) in [4.78, 5) is 0. The average Bonchev–Trinajstić information content (AvgIpc) is 2.62. The highest BCUT2D eigenvalue weighted by atomic mass is 35.5. The van der Waals surface area contributed by atoms with Gasteiger partial charge in [0.2, 0.25) is 10.0 Å². The first-order valence-corrected chi connectivity index (χ1v) is 7.06. The molecule has 0 aliphatic heterocycles. The van der Waals surface area contributed by atoms with E-state index in [1.807, 2.05) is 0 Å². The van der Waals surface area contributed by atoms with Gasteiger partial charge >= 0.3 is 0 Å². The van der Waals surface area contributed by atoms with Gasteiger partial charge < -0.3 is 5.11 Å². The summed E-state index contributed by atoms with van der Waals surface area (Å²) < 4.78 is 26.4. The third-order valence-electron chi connectivity index (χ3n) is 1.85. The molecule has 0 amide bonds. The molecule has 0 aliphatic rings. The molecular weight excluding hydrogens is 258 g/mol. The van der Waals surface area contributed by atoms with Crippen LogP contribution in [0.3, 0.4) is 0 Å². The summed E-state index contributed by atoms with van der Waals surface area (Å²) >= 11 is 6.64. The lowest BCUT2D eigenvalue weighted by atomic mass is 10.3. The van der Waals surface area contributed by atoms with Gasteiger partial charge in [0.25, 0.3) is 0 Å². The van der Waals surface area contributed by atoms with Crippen LogP contribution in [0, 0.1) is 0 Å². The van der Waals surface area contributed by atoms with E-state index in [1.165, 1.54) is 12.1 Å². The highest BCUT2D eigenvalue weighted by Crippen LogP contribution is 2.25. The van der Waals surface area contributed by atoms with E-state index in [1.54, 1.807) is 6.92 Å². The van der Waals surface area contributed by atoms with Crippen LogP contribution in [0.2, 0.25) is 4.34 Å². The molecule has 0 fully saturated rings. The van der Waals surface area contributed by atoms with Crippen LogP contribution in [0.5, 0.6) is 0 Å².